The number of carbonyl (C=O) groups is 2. The molecule has 1 aliphatic heterocycles. The fraction of sp³-hybridized carbons (Fsp3) is 0.333. The summed E-state index contributed by atoms with van der Waals surface area (Å²) in [5.74, 6) is -2.42. The zero-order chi connectivity index (χ0) is 14.0. The van der Waals surface area contributed by atoms with Gasteiger partial charge in [0.2, 0.25) is 0 Å². The number of carboxylic acid groups (broad SMARTS) is 1. The third kappa shape index (κ3) is 3.02. The molecule has 0 spiro atoms. The topological polar surface area (TPSA) is 66.8 Å². The number of ether oxygens (including phenoxy) is 1. The summed E-state index contributed by atoms with van der Waals surface area (Å²) in [5, 5.41) is 9.09. The Bertz CT molecular complexity index is 522. The third-order valence-corrected chi connectivity index (χ3v) is 3.02. The Balaban J connectivity index is 2.19. The van der Waals surface area contributed by atoms with Crippen LogP contribution in [0.2, 0.25) is 5.02 Å². The van der Waals surface area contributed by atoms with Gasteiger partial charge in [-0.25, -0.2) is 9.18 Å². The molecule has 1 N–H and O–H groups in total. The predicted molar refractivity (Wildman–Crippen MR) is 64.7 cm³/mol. The molecule has 1 aromatic rings. The van der Waals surface area contributed by atoms with Crippen LogP contribution < -0.4 is 0 Å². The second-order valence-corrected chi connectivity index (χ2v) is 4.51. The summed E-state index contributed by atoms with van der Waals surface area (Å²) in [5.41, 5.74) is -0.168. The van der Waals surface area contributed by atoms with Crippen LogP contribution in [0.5, 0.6) is 0 Å². The van der Waals surface area contributed by atoms with Gasteiger partial charge in [-0.15, -0.1) is 0 Å². The van der Waals surface area contributed by atoms with Crippen molar-refractivity contribution < 1.29 is 23.8 Å². The van der Waals surface area contributed by atoms with Gasteiger partial charge in [-0.3, -0.25) is 4.79 Å². The average molecular weight is 288 g/mol. The Kier molecular flexibility index (Phi) is 4.01. The summed E-state index contributed by atoms with van der Waals surface area (Å²) >= 11 is 5.72. The van der Waals surface area contributed by atoms with Gasteiger partial charge in [-0.2, -0.15) is 0 Å². The molecule has 1 atom stereocenters. The van der Waals surface area contributed by atoms with Crippen LogP contribution in [-0.4, -0.2) is 47.7 Å². The molecule has 1 unspecified atom stereocenters. The van der Waals surface area contributed by atoms with E-state index in [-0.39, 0.29) is 30.3 Å². The van der Waals surface area contributed by atoms with Crippen molar-refractivity contribution in [1.82, 2.24) is 4.90 Å². The van der Waals surface area contributed by atoms with Gasteiger partial charge >= 0.3 is 5.97 Å². The summed E-state index contributed by atoms with van der Waals surface area (Å²) in [6, 6.07) is 3.67. The first-order valence-electron chi connectivity index (χ1n) is 5.58. The van der Waals surface area contributed by atoms with Gasteiger partial charge in [-0.1, -0.05) is 11.6 Å². The van der Waals surface area contributed by atoms with E-state index in [9.17, 15) is 14.0 Å². The highest BCUT2D eigenvalue weighted by molar-refractivity contribution is 6.31. The first kappa shape index (κ1) is 13.8. The van der Waals surface area contributed by atoms with Crippen LogP contribution in [0, 0.1) is 5.82 Å². The maximum atomic E-state index is 13.6. The van der Waals surface area contributed by atoms with Crippen molar-refractivity contribution in [2.45, 2.75) is 6.10 Å². The van der Waals surface area contributed by atoms with Gasteiger partial charge in [0.25, 0.3) is 5.91 Å². The Labute approximate surface area is 113 Å². The number of morpholine rings is 1. The molecule has 1 aliphatic rings. The monoisotopic (exact) mass is 287 g/mol. The van der Waals surface area contributed by atoms with E-state index in [4.69, 9.17) is 21.4 Å². The van der Waals surface area contributed by atoms with Gasteiger partial charge in [0, 0.05) is 11.6 Å². The maximum absolute atomic E-state index is 13.6. The summed E-state index contributed by atoms with van der Waals surface area (Å²) in [4.78, 5) is 24.2. The Hall–Kier alpha value is -1.66. The molecule has 0 saturated carbocycles. The number of hydrogen-bond acceptors (Lipinski definition) is 3. The van der Waals surface area contributed by atoms with Crippen LogP contribution in [0.1, 0.15) is 10.4 Å². The molecule has 0 aliphatic carbocycles. The van der Waals surface area contributed by atoms with E-state index < -0.39 is 23.8 Å². The van der Waals surface area contributed by atoms with Gasteiger partial charge < -0.3 is 14.7 Å². The lowest BCUT2D eigenvalue weighted by atomic mass is 10.1. The van der Waals surface area contributed by atoms with E-state index in [1.54, 1.807) is 0 Å². The van der Waals surface area contributed by atoms with E-state index >= 15 is 0 Å². The molecule has 7 heteroatoms. The van der Waals surface area contributed by atoms with Crippen LogP contribution in [0.15, 0.2) is 18.2 Å². The Morgan fingerprint density at radius 2 is 2.21 bits per heavy atom. The van der Waals surface area contributed by atoms with Crippen LogP contribution in [0.3, 0.4) is 0 Å². The fourth-order valence-electron chi connectivity index (χ4n) is 1.81. The van der Waals surface area contributed by atoms with Crippen molar-refractivity contribution in [2.24, 2.45) is 0 Å². The first-order valence-corrected chi connectivity index (χ1v) is 5.95. The number of benzene rings is 1. The summed E-state index contributed by atoms with van der Waals surface area (Å²) in [6.07, 6.45) is -1.08. The summed E-state index contributed by atoms with van der Waals surface area (Å²) in [7, 11) is 0. The highest BCUT2D eigenvalue weighted by Crippen LogP contribution is 2.18. The molecule has 1 aromatic carbocycles. The summed E-state index contributed by atoms with van der Waals surface area (Å²) in [6.45, 7) is 0.208. The van der Waals surface area contributed by atoms with Gasteiger partial charge in [0.1, 0.15) is 5.82 Å². The molecule has 102 valence electrons. The smallest absolute Gasteiger partial charge is 0.334 e. The molecule has 0 bridgehead atoms. The van der Waals surface area contributed by atoms with Crippen molar-refractivity contribution in [1.29, 1.82) is 0 Å². The van der Waals surface area contributed by atoms with E-state index in [0.717, 1.165) is 6.07 Å². The maximum Gasteiger partial charge on any atom is 0.334 e. The lowest BCUT2D eigenvalue weighted by Crippen LogP contribution is -2.48. The molecule has 1 fully saturated rings. The van der Waals surface area contributed by atoms with Gasteiger partial charge in [0.15, 0.2) is 6.10 Å². The molecule has 1 amide bonds. The van der Waals surface area contributed by atoms with Crippen molar-refractivity contribution in [3.8, 4) is 0 Å². The van der Waals surface area contributed by atoms with Gasteiger partial charge in [0.05, 0.1) is 18.7 Å². The molecule has 5 nitrogen and oxygen atoms in total. The SMILES string of the molecule is O=C(O)C1CN(C(=O)c2cc(Cl)ccc2F)CCO1. The fourth-order valence-corrected chi connectivity index (χ4v) is 1.99. The molecular formula is C12H11ClFNO4. The average Bonchev–Trinajstić information content (AvgIpc) is 2.41. The van der Waals surface area contributed by atoms with Crippen LogP contribution in [0.4, 0.5) is 4.39 Å². The number of carbonyl (C=O) groups excluding carboxylic acids is 1. The number of nitrogens with zero attached hydrogens (tertiary/aromatic N) is 1. The minimum absolute atomic E-state index is 0.102. The lowest BCUT2D eigenvalue weighted by Gasteiger charge is -2.31. The predicted octanol–water partition coefficient (Wildman–Crippen LogP) is 1.40. The quantitative estimate of drug-likeness (QED) is 0.893. The van der Waals surface area contributed by atoms with Crippen LogP contribution in [-0.2, 0) is 9.53 Å². The zero-order valence-corrected chi connectivity index (χ0v) is 10.6. The molecule has 2 rings (SSSR count). The first-order chi connectivity index (χ1) is 8.99. The highest BCUT2D eigenvalue weighted by atomic mass is 35.5. The number of carboxylic acids is 1. The number of amides is 1. The minimum Gasteiger partial charge on any atom is -0.479 e. The van der Waals surface area contributed by atoms with Gasteiger partial charge in [-0.05, 0) is 18.2 Å². The molecular weight excluding hydrogens is 277 g/mol. The minimum atomic E-state index is -1.15. The molecule has 1 saturated heterocycles. The lowest BCUT2D eigenvalue weighted by molar-refractivity contribution is -0.154. The molecule has 1 heterocycles. The van der Waals surface area contributed by atoms with Crippen molar-refractivity contribution in [3.05, 3.63) is 34.6 Å². The van der Waals surface area contributed by atoms with Crippen molar-refractivity contribution in [2.75, 3.05) is 19.7 Å². The number of halogens is 2. The largest absolute Gasteiger partial charge is 0.479 e. The molecule has 19 heavy (non-hydrogen) atoms. The standard InChI is InChI=1S/C12H11ClFNO4/c13-7-1-2-9(14)8(5-7)11(16)15-3-4-19-10(6-15)12(17)18/h1-2,5,10H,3-4,6H2,(H,17,18). The highest BCUT2D eigenvalue weighted by Gasteiger charge is 2.30. The second-order valence-electron chi connectivity index (χ2n) is 4.07. The Morgan fingerprint density at radius 3 is 2.89 bits per heavy atom. The van der Waals surface area contributed by atoms with Crippen molar-refractivity contribution in [3.63, 3.8) is 0 Å². The molecule has 0 radical (unpaired) electrons. The molecule has 0 aromatic heterocycles. The van der Waals surface area contributed by atoms with E-state index in [0.29, 0.717) is 0 Å². The normalized spacial score (nSPS) is 19.3. The van der Waals surface area contributed by atoms with E-state index in [2.05, 4.69) is 0 Å². The zero-order valence-electron chi connectivity index (χ0n) is 9.81. The Morgan fingerprint density at radius 1 is 1.47 bits per heavy atom. The summed E-state index contributed by atoms with van der Waals surface area (Å²) < 4.78 is 18.6. The third-order valence-electron chi connectivity index (χ3n) is 2.79. The van der Waals surface area contributed by atoms with Crippen LogP contribution >= 0.6 is 11.6 Å². The van der Waals surface area contributed by atoms with Crippen molar-refractivity contribution >= 4 is 23.5 Å². The van der Waals surface area contributed by atoms with Crippen LogP contribution in [0.25, 0.3) is 0 Å². The number of rotatable bonds is 2. The van der Waals surface area contributed by atoms with E-state index in [1.807, 2.05) is 0 Å². The second kappa shape index (κ2) is 5.54. The number of hydrogen-bond donors (Lipinski definition) is 1. The van der Waals surface area contributed by atoms with E-state index in [1.165, 1.54) is 17.0 Å². The number of aliphatic carboxylic acids is 1.